The maximum atomic E-state index is 9.81. The Morgan fingerprint density at radius 3 is 2.76 bits per heavy atom. The summed E-state index contributed by atoms with van der Waals surface area (Å²) >= 11 is 0. The molecule has 1 aliphatic heterocycles. The fourth-order valence-corrected chi connectivity index (χ4v) is 2.00. The minimum Gasteiger partial charge on any atom is -0.504 e. The molecule has 5 heteroatoms. The maximum absolute atomic E-state index is 9.81. The highest BCUT2D eigenvalue weighted by molar-refractivity contribution is 5.92. The molecule has 0 radical (unpaired) electrons. The van der Waals surface area contributed by atoms with E-state index in [1.165, 1.54) is 13.5 Å². The average Bonchev–Trinajstić information content (AvgIpc) is 2.27. The van der Waals surface area contributed by atoms with Gasteiger partial charge in [0.05, 0.1) is 12.6 Å². The molecule has 2 aromatic rings. The second-order valence-electron chi connectivity index (χ2n) is 4.08. The van der Waals surface area contributed by atoms with Crippen LogP contribution in [0.25, 0.3) is 10.9 Å². The van der Waals surface area contributed by atoms with Gasteiger partial charge in [0.15, 0.2) is 11.5 Å². The molecule has 0 bridgehead atoms. The summed E-state index contributed by atoms with van der Waals surface area (Å²) in [6.07, 6.45) is 2.74. The van der Waals surface area contributed by atoms with Crippen LogP contribution < -0.4 is 9.64 Å². The number of methoxy groups -OCH3 is 1. The van der Waals surface area contributed by atoms with Crippen molar-refractivity contribution < 1.29 is 9.84 Å². The smallest absolute Gasteiger partial charge is 0.162 e. The van der Waals surface area contributed by atoms with Crippen LogP contribution >= 0.6 is 0 Å². The topological polar surface area (TPSA) is 58.5 Å². The number of phenolic OH excluding ortho intramolecular Hbond substituents is 1. The van der Waals surface area contributed by atoms with Crippen LogP contribution in [0.2, 0.25) is 0 Å². The third kappa shape index (κ3) is 1.54. The van der Waals surface area contributed by atoms with Gasteiger partial charge in [-0.05, 0) is 12.5 Å². The van der Waals surface area contributed by atoms with Crippen molar-refractivity contribution >= 4 is 16.7 Å². The fourth-order valence-electron chi connectivity index (χ4n) is 2.00. The highest BCUT2D eigenvalue weighted by Crippen LogP contribution is 2.34. The third-order valence-corrected chi connectivity index (χ3v) is 3.07. The van der Waals surface area contributed by atoms with E-state index in [-0.39, 0.29) is 5.75 Å². The maximum Gasteiger partial charge on any atom is 0.162 e. The van der Waals surface area contributed by atoms with E-state index in [9.17, 15) is 5.11 Å². The Bertz CT molecular complexity index is 567. The van der Waals surface area contributed by atoms with Gasteiger partial charge in [-0.2, -0.15) is 0 Å². The van der Waals surface area contributed by atoms with E-state index in [2.05, 4.69) is 14.9 Å². The Morgan fingerprint density at radius 2 is 2.12 bits per heavy atom. The number of hydrogen-bond acceptors (Lipinski definition) is 5. The lowest BCUT2D eigenvalue weighted by atomic mass is 10.1. The van der Waals surface area contributed by atoms with E-state index in [0.717, 1.165) is 29.8 Å². The lowest BCUT2D eigenvalue weighted by molar-refractivity contribution is 0.374. The zero-order chi connectivity index (χ0) is 11.8. The molecule has 0 unspecified atom stereocenters. The van der Waals surface area contributed by atoms with E-state index in [1.807, 2.05) is 0 Å². The average molecular weight is 231 g/mol. The number of nitrogens with zero attached hydrogens (tertiary/aromatic N) is 3. The summed E-state index contributed by atoms with van der Waals surface area (Å²) in [4.78, 5) is 10.7. The molecule has 5 nitrogen and oxygen atoms in total. The second-order valence-corrected chi connectivity index (χ2v) is 4.08. The molecule has 1 aliphatic rings. The van der Waals surface area contributed by atoms with Crippen molar-refractivity contribution in [3.05, 3.63) is 18.5 Å². The van der Waals surface area contributed by atoms with Crippen molar-refractivity contribution in [1.29, 1.82) is 0 Å². The number of hydrogen-bond donors (Lipinski definition) is 1. The third-order valence-electron chi connectivity index (χ3n) is 3.07. The number of aromatic nitrogens is 2. The van der Waals surface area contributed by atoms with Crippen LogP contribution in [0, 0.1) is 0 Å². The van der Waals surface area contributed by atoms with E-state index in [0.29, 0.717) is 5.75 Å². The van der Waals surface area contributed by atoms with Crippen molar-refractivity contribution in [3.63, 3.8) is 0 Å². The molecule has 1 aromatic carbocycles. The Labute approximate surface area is 98.7 Å². The van der Waals surface area contributed by atoms with Gasteiger partial charge in [0.1, 0.15) is 12.1 Å². The molecule has 88 valence electrons. The first-order chi connectivity index (χ1) is 8.29. The van der Waals surface area contributed by atoms with Gasteiger partial charge < -0.3 is 14.7 Å². The van der Waals surface area contributed by atoms with E-state index >= 15 is 0 Å². The molecule has 17 heavy (non-hydrogen) atoms. The predicted octanol–water partition coefficient (Wildman–Crippen LogP) is 1.55. The van der Waals surface area contributed by atoms with Crippen LogP contribution in [0.15, 0.2) is 18.5 Å². The zero-order valence-corrected chi connectivity index (χ0v) is 9.55. The number of fused-ring (bicyclic) bond motifs is 1. The van der Waals surface area contributed by atoms with Crippen molar-refractivity contribution in [1.82, 2.24) is 9.97 Å². The summed E-state index contributed by atoms with van der Waals surface area (Å²) in [5, 5.41) is 10.7. The SMILES string of the molecule is COc1cc2ncnc(N3CCC3)c2cc1O. The molecule has 0 saturated carbocycles. The molecule has 0 aliphatic carbocycles. The van der Waals surface area contributed by atoms with Crippen LogP contribution in [-0.2, 0) is 0 Å². The summed E-state index contributed by atoms with van der Waals surface area (Å²) in [5.74, 6) is 1.45. The highest BCUT2D eigenvalue weighted by atomic mass is 16.5. The predicted molar refractivity (Wildman–Crippen MR) is 64.6 cm³/mol. The largest absolute Gasteiger partial charge is 0.504 e. The Hall–Kier alpha value is -2.04. The lowest BCUT2D eigenvalue weighted by Gasteiger charge is -2.32. The van der Waals surface area contributed by atoms with Gasteiger partial charge in [-0.3, -0.25) is 0 Å². The molecule has 1 saturated heterocycles. The van der Waals surface area contributed by atoms with Crippen LogP contribution in [0.4, 0.5) is 5.82 Å². The van der Waals surface area contributed by atoms with Crippen LogP contribution in [0.1, 0.15) is 6.42 Å². The monoisotopic (exact) mass is 231 g/mol. The number of ether oxygens (including phenoxy) is 1. The molecule has 3 rings (SSSR count). The van der Waals surface area contributed by atoms with Crippen LogP contribution in [0.3, 0.4) is 0 Å². The molecule has 1 aromatic heterocycles. The number of aromatic hydroxyl groups is 1. The second kappa shape index (κ2) is 3.76. The zero-order valence-electron chi connectivity index (χ0n) is 9.55. The van der Waals surface area contributed by atoms with Crippen LogP contribution in [-0.4, -0.2) is 35.3 Å². The van der Waals surface area contributed by atoms with Gasteiger partial charge in [0, 0.05) is 24.5 Å². The molecule has 1 fully saturated rings. The van der Waals surface area contributed by atoms with E-state index < -0.39 is 0 Å². The molecular weight excluding hydrogens is 218 g/mol. The Morgan fingerprint density at radius 1 is 1.29 bits per heavy atom. The molecule has 2 heterocycles. The Kier molecular flexibility index (Phi) is 2.24. The number of phenols is 1. The molecule has 0 spiro atoms. The van der Waals surface area contributed by atoms with Gasteiger partial charge in [-0.1, -0.05) is 0 Å². The molecular formula is C12H13N3O2. The summed E-state index contributed by atoms with van der Waals surface area (Å²) in [7, 11) is 1.53. The molecule has 0 atom stereocenters. The number of anilines is 1. The summed E-state index contributed by atoms with van der Waals surface area (Å²) in [6.45, 7) is 2.03. The molecule has 1 N–H and O–H groups in total. The normalized spacial score (nSPS) is 14.8. The van der Waals surface area contributed by atoms with Gasteiger partial charge in [0.2, 0.25) is 0 Å². The van der Waals surface area contributed by atoms with Crippen LogP contribution in [0.5, 0.6) is 11.5 Å². The fraction of sp³-hybridized carbons (Fsp3) is 0.333. The van der Waals surface area contributed by atoms with Gasteiger partial charge >= 0.3 is 0 Å². The Balaban J connectivity index is 2.20. The van der Waals surface area contributed by atoms with Crippen molar-refractivity contribution in [2.75, 3.05) is 25.1 Å². The quantitative estimate of drug-likeness (QED) is 0.849. The van der Waals surface area contributed by atoms with E-state index in [4.69, 9.17) is 4.74 Å². The standard InChI is InChI=1S/C12H13N3O2/c1-17-11-6-9-8(5-10(11)16)12(14-7-13-9)15-3-2-4-15/h5-7,16H,2-4H2,1H3. The first-order valence-electron chi connectivity index (χ1n) is 5.56. The lowest BCUT2D eigenvalue weighted by Crippen LogP contribution is -2.37. The first kappa shape index (κ1) is 10.1. The van der Waals surface area contributed by atoms with Crippen molar-refractivity contribution in [3.8, 4) is 11.5 Å². The van der Waals surface area contributed by atoms with Gasteiger partial charge in [-0.25, -0.2) is 9.97 Å². The molecule has 0 amide bonds. The minimum absolute atomic E-state index is 0.122. The summed E-state index contributed by atoms with van der Waals surface area (Å²) < 4.78 is 5.07. The summed E-state index contributed by atoms with van der Waals surface area (Å²) in [5.41, 5.74) is 0.788. The van der Waals surface area contributed by atoms with E-state index in [1.54, 1.807) is 18.5 Å². The number of rotatable bonds is 2. The van der Waals surface area contributed by atoms with Crippen molar-refractivity contribution in [2.24, 2.45) is 0 Å². The highest BCUT2D eigenvalue weighted by Gasteiger charge is 2.19. The summed E-state index contributed by atoms with van der Waals surface area (Å²) in [6, 6.07) is 3.40. The number of benzene rings is 1. The minimum atomic E-state index is 0.122. The van der Waals surface area contributed by atoms with Gasteiger partial charge in [0.25, 0.3) is 0 Å². The first-order valence-corrected chi connectivity index (χ1v) is 5.56. The van der Waals surface area contributed by atoms with Gasteiger partial charge in [-0.15, -0.1) is 0 Å². The van der Waals surface area contributed by atoms with Crippen molar-refractivity contribution in [2.45, 2.75) is 6.42 Å².